The second-order valence-electron chi connectivity index (χ2n) is 6.13. The monoisotopic (exact) mass is 408 g/mol. The third-order valence-corrected chi connectivity index (χ3v) is 5.17. The van der Waals surface area contributed by atoms with Crippen molar-refractivity contribution in [1.29, 1.82) is 0 Å². The summed E-state index contributed by atoms with van der Waals surface area (Å²) >= 11 is 9.50. The fraction of sp³-hybridized carbons (Fsp3) is 0.368. The minimum absolute atomic E-state index is 0.798. The smallest absolute Gasteiger partial charge is 0.123 e. The molecule has 0 bridgehead atoms. The highest BCUT2D eigenvalue weighted by molar-refractivity contribution is 9.10. The first-order valence-corrected chi connectivity index (χ1v) is 9.33. The van der Waals surface area contributed by atoms with Crippen LogP contribution >= 0.6 is 27.5 Å². The van der Waals surface area contributed by atoms with E-state index < -0.39 is 0 Å². The molecule has 1 heterocycles. The van der Waals surface area contributed by atoms with Crippen LogP contribution in [0.4, 0.5) is 0 Å². The van der Waals surface area contributed by atoms with Crippen LogP contribution in [-0.4, -0.2) is 43.1 Å². The summed E-state index contributed by atoms with van der Waals surface area (Å²) in [6.45, 7) is 6.23. The van der Waals surface area contributed by atoms with Crippen LogP contribution in [-0.2, 0) is 13.1 Å². The summed E-state index contributed by atoms with van der Waals surface area (Å²) in [6.07, 6.45) is 0. The largest absolute Gasteiger partial charge is 0.496 e. The fourth-order valence-corrected chi connectivity index (χ4v) is 3.60. The first-order chi connectivity index (χ1) is 11.6. The van der Waals surface area contributed by atoms with E-state index in [1.807, 2.05) is 24.3 Å². The van der Waals surface area contributed by atoms with Gasteiger partial charge in [-0.3, -0.25) is 9.80 Å². The summed E-state index contributed by atoms with van der Waals surface area (Å²) < 4.78 is 6.58. The van der Waals surface area contributed by atoms with Gasteiger partial charge in [-0.15, -0.1) is 0 Å². The van der Waals surface area contributed by atoms with Gasteiger partial charge < -0.3 is 4.74 Å². The van der Waals surface area contributed by atoms with Gasteiger partial charge in [0.1, 0.15) is 5.75 Å². The molecular formula is C19H22BrClN2O. The van der Waals surface area contributed by atoms with E-state index in [4.69, 9.17) is 16.3 Å². The van der Waals surface area contributed by atoms with E-state index in [0.29, 0.717) is 0 Å². The highest BCUT2D eigenvalue weighted by Gasteiger charge is 2.18. The molecule has 0 unspecified atom stereocenters. The molecule has 2 aromatic carbocycles. The Balaban J connectivity index is 1.53. The molecule has 0 atom stereocenters. The molecule has 0 N–H and O–H groups in total. The molecule has 0 spiro atoms. The minimum Gasteiger partial charge on any atom is -0.496 e. The van der Waals surface area contributed by atoms with E-state index >= 15 is 0 Å². The molecule has 3 nitrogen and oxygen atoms in total. The van der Waals surface area contributed by atoms with E-state index in [1.54, 1.807) is 7.11 Å². The zero-order valence-corrected chi connectivity index (χ0v) is 16.2. The standard InChI is InChI=1S/C19H22BrClN2O/c1-24-19-7-4-17(20)12-16(19)14-23-10-8-22(9-11-23)13-15-2-5-18(21)6-3-15/h2-7,12H,8-11,13-14H2,1H3. The van der Waals surface area contributed by atoms with Gasteiger partial charge in [0.15, 0.2) is 0 Å². The minimum atomic E-state index is 0.798. The molecule has 128 valence electrons. The maximum absolute atomic E-state index is 5.95. The molecule has 1 aliphatic heterocycles. The van der Waals surface area contributed by atoms with Gasteiger partial charge in [-0.2, -0.15) is 0 Å². The van der Waals surface area contributed by atoms with Crippen molar-refractivity contribution >= 4 is 27.5 Å². The first-order valence-electron chi connectivity index (χ1n) is 8.15. The van der Waals surface area contributed by atoms with E-state index in [9.17, 15) is 0 Å². The molecule has 0 radical (unpaired) electrons. The Morgan fingerprint density at radius 1 is 0.958 bits per heavy atom. The summed E-state index contributed by atoms with van der Waals surface area (Å²) in [7, 11) is 1.73. The summed E-state index contributed by atoms with van der Waals surface area (Å²) in [4.78, 5) is 4.99. The summed E-state index contributed by atoms with van der Waals surface area (Å²) in [6, 6.07) is 14.4. The molecule has 1 aliphatic rings. The number of rotatable bonds is 5. The topological polar surface area (TPSA) is 15.7 Å². The molecule has 0 saturated carbocycles. The number of nitrogens with zero attached hydrogens (tertiary/aromatic N) is 2. The molecule has 0 aromatic heterocycles. The van der Waals surface area contributed by atoms with Gasteiger partial charge in [0.25, 0.3) is 0 Å². The molecule has 0 amide bonds. The molecular weight excluding hydrogens is 388 g/mol. The summed E-state index contributed by atoms with van der Waals surface area (Å²) in [5.41, 5.74) is 2.56. The van der Waals surface area contributed by atoms with E-state index in [-0.39, 0.29) is 0 Å². The van der Waals surface area contributed by atoms with E-state index in [0.717, 1.165) is 54.5 Å². The Hall–Kier alpha value is -1.07. The van der Waals surface area contributed by atoms with Crippen molar-refractivity contribution < 1.29 is 4.74 Å². The lowest BCUT2D eigenvalue weighted by Gasteiger charge is -2.35. The number of piperazine rings is 1. The van der Waals surface area contributed by atoms with Gasteiger partial charge >= 0.3 is 0 Å². The average molecular weight is 410 g/mol. The van der Waals surface area contributed by atoms with Crippen LogP contribution in [0.15, 0.2) is 46.9 Å². The van der Waals surface area contributed by atoms with E-state index in [2.05, 4.69) is 43.9 Å². The number of hydrogen-bond donors (Lipinski definition) is 0. The van der Waals surface area contributed by atoms with Gasteiger partial charge in [0.05, 0.1) is 7.11 Å². The quantitative estimate of drug-likeness (QED) is 0.726. The Morgan fingerprint density at radius 2 is 1.58 bits per heavy atom. The van der Waals surface area contributed by atoms with Crippen molar-refractivity contribution in [3.8, 4) is 5.75 Å². The van der Waals surface area contributed by atoms with Crippen LogP contribution in [0.25, 0.3) is 0 Å². The van der Waals surface area contributed by atoms with E-state index in [1.165, 1.54) is 11.1 Å². The number of hydrogen-bond acceptors (Lipinski definition) is 3. The highest BCUT2D eigenvalue weighted by atomic mass is 79.9. The molecule has 24 heavy (non-hydrogen) atoms. The van der Waals surface area contributed by atoms with Crippen molar-refractivity contribution in [2.24, 2.45) is 0 Å². The van der Waals surface area contributed by atoms with Crippen molar-refractivity contribution in [3.05, 3.63) is 63.1 Å². The zero-order chi connectivity index (χ0) is 16.9. The third-order valence-electron chi connectivity index (χ3n) is 4.42. The predicted molar refractivity (Wildman–Crippen MR) is 103 cm³/mol. The fourth-order valence-electron chi connectivity index (χ4n) is 3.07. The van der Waals surface area contributed by atoms with Crippen LogP contribution in [0.3, 0.4) is 0 Å². The normalized spacial score (nSPS) is 16.3. The number of halogens is 2. The van der Waals surface area contributed by atoms with Crippen molar-refractivity contribution in [1.82, 2.24) is 9.80 Å². The van der Waals surface area contributed by atoms with Gasteiger partial charge in [-0.1, -0.05) is 39.7 Å². The van der Waals surface area contributed by atoms with Crippen LogP contribution in [0.5, 0.6) is 5.75 Å². The summed E-state index contributed by atoms with van der Waals surface area (Å²) in [5.74, 6) is 0.960. The van der Waals surface area contributed by atoms with Crippen LogP contribution in [0, 0.1) is 0 Å². The van der Waals surface area contributed by atoms with Crippen LogP contribution in [0.2, 0.25) is 5.02 Å². The van der Waals surface area contributed by atoms with Gasteiger partial charge in [0, 0.05) is 54.3 Å². The summed E-state index contributed by atoms with van der Waals surface area (Å²) in [5, 5.41) is 0.798. The third kappa shape index (κ3) is 4.73. The average Bonchev–Trinajstić information content (AvgIpc) is 2.59. The second kappa shape index (κ2) is 8.34. The molecule has 1 fully saturated rings. The molecule has 1 saturated heterocycles. The molecule has 0 aliphatic carbocycles. The number of methoxy groups -OCH3 is 1. The highest BCUT2D eigenvalue weighted by Crippen LogP contribution is 2.25. The zero-order valence-electron chi connectivity index (χ0n) is 13.8. The maximum Gasteiger partial charge on any atom is 0.123 e. The molecule has 2 aromatic rings. The number of benzene rings is 2. The Kier molecular flexibility index (Phi) is 6.17. The van der Waals surface area contributed by atoms with Crippen LogP contribution < -0.4 is 4.74 Å². The predicted octanol–water partition coefficient (Wildman–Crippen LogP) is 4.43. The van der Waals surface area contributed by atoms with Gasteiger partial charge in [-0.05, 0) is 35.9 Å². The van der Waals surface area contributed by atoms with Crippen LogP contribution in [0.1, 0.15) is 11.1 Å². The SMILES string of the molecule is COc1ccc(Br)cc1CN1CCN(Cc2ccc(Cl)cc2)CC1. The lowest BCUT2D eigenvalue weighted by atomic mass is 10.1. The van der Waals surface area contributed by atoms with Gasteiger partial charge in [-0.25, -0.2) is 0 Å². The Bertz CT molecular complexity index is 670. The van der Waals surface area contributed by atoms with Crippen molar-refractivity contribution in [3.63, 3.8) is 0 Å². The second-order valence-corrected chi connectivity index (χ2v) is 7.49. The number of ether oxygens (including phenoxy) is 1. The lowest BCUT2D eigenvalue weighted by Crippen LogP contribution is -2.45. The molecule has 3 rings (SSSR count). The van der Waals surface area contributed by atoms with Crippen molar-refractivity contribution in [2.45, 2.75) is 13.1 Å². The maximum atomic E-state index is 5.95. The molecule has 5 heteroatoms. The Labute approximate surface area is 157 Å². The lowest BCUT2D eigenvalue weighted by molar-refractivity contribution is 0.121. The Morgan fingerprint density at radius 3 is 2.21 bits per heavy atom. The first kappa shape index (κ1) is 17.7. The van der Waals surface area contributed by atoms with Crippen molar-refractivity contribution in [2.75, 3.05) is 33.3 Å². The van der Waals surface area contributed by atoms with Gasteiger partial charge in [0.2, 0.25) is 0 Å².